The van der Waals surface area contributed by atoms with Crippen molar-refractivity contribution < 1.29 is 4.39 Å². The molecule has 0 atom stereocenters. The SMILES string of the molecule is CC(C)(C)C1CCC(CCl)(Cc2ccc(F)c(Cl)c2)CC1. The fourth-order valence-electron chi connectivity index (χ4n) is 3.54. The van der Waals surface area contributed by atoms with Crippen LogP contribution < -0.4 is 0 Å². The summed E-state index contributed by atoms with van der Waals surface area (Å²) in [6.07, 6.45) is 5.64. The van der Waals surface area contributed by atoms with Crippen molar-refractivity contribution in [1.82, 2.24) is 0 Å². The van der Waals surface area contributed by atoms with E-state index in [4.69, 9.17) is 23.2 Å². The zero-order chi connectivity index (χ0) is 15.7. The van der Waals surface area contributed by atoms with E-state index in [2.05, 4.69) is 20.8 Å². The van der Waals surface area contributed by atoms with Gasteiger partial charge in [-0.2, -0.15) is 0 Å². The predicted molar refractivity (Wildman–Crippen MR) is 89.7 cm³/mol. The fraction of sp³-hybridized carbons (Fsp3) is 0.667. The molecule has 0 unspecified atom stereocenters. The largest absolute Gasteiger partial charge is 0.205 e. The lowest BCUT2D eigenvalue weighted by atomic mass is 9.63. The molecule has 0 spiro atoms. The maximum absolute atomic E-state index is 13.3. The lowest BCUT2D eigenvalue weighted by Crippen LogP contribution is -2.35. The zero-order valence-electron chi connectivity index (χ0n) is 13.2. The summed E-state index contributed by atoms with van der Waals surface area (Å²) in [4.78, 5) is 0. The van der Waals surface area contributed by atoms with Crippen molar-refractivity contribution in [1.29, 1.82) is 0 Å². The van der Waals surface area contributed by atoms with Crippen LogP contribution in [0.15, 0.2) is 18.2 Å². The molecule has 21 heavy (non-hydrogen) atoms. The summed E-state index contributed by atoms with van der Waals surface area (Å²) < 4.78 is 13.3. The number of hydrogen-bond acceptors (Lipinski definition) is 0. The maximum Gasteiger partial charge on any atom is 0.141 e. The van der Waals surface area contributed by atoms with Crippen LogP contribution in [-0.4, -0.2) is 5.88 Å². The first-order chi connectivity index (χ1) is 9.76. The molecule has 2 rings (SSSR count). The van der Waals surface area contributed by atoms with Gasteiger partial charge in [0.15, 0.2) is 0 Å². The van der Waals surface area contributed by atoms with Crippen LogP contribution in [0.3, 0.4) is 0 Å². The van der Waals surface area contributed by atoms with Crippen molar-refractivity contribution in [2.75, 3.05) is 5.88 Å². The summed E-state index contributed by atoms with van der Waals surface area (Å²) in [6.45, 7) is 6.97. The Balaban J connectivity index is 2.08. The van der Waals surface area contributed by atoms with E-state index < -0.39 is 0 Å². The molecular weight excluding hydrogens is 306 g/mol. The van der Waals surface area contributed by atoms with E-state index in [0.717, 1.165) is 30.7 Å². The average molecular weight is 331 g/mol. The summed E-state index contributed by atoms with van der Waals surface area (Å²) in [5.74, 6) is 1.08. The van der Waals surface area contributed by atoms with Crippen molar-refractivity contribution in [2.24, 2.45) is 16.7 Å². The van der Waals surface area contributed by atoms with E-state index in [1.165, 1.54) is 18.9 Å². The highest BCUT2D eigenvalue weighted by atomic mass is 35.5. The zero-order valence-corrected chi connectivity index (χ0v) is 14.7. The summed E-state index contributed by atoms with van der Waals surface area (Å²) in [5, 5.41) is 0.209. The van der Waals surface area contributed by atoms with Crippen molar-refractivity contribution in [3.63, 3.8) is 0 Å². The first-order valence-electron chi connectivity index (χ1n) is 7.76. The van der Waals surface area contributed by atoms with E-state index >= 15 is 0 Å². The highest BCUT2D eigenvalue weighted by Gasteiger charge is 2.38. The van der Waals surface area contributed by atoms with Crippen LogP contribution in [0.1, 0.15) is 52.0 Å². The van der Waals surface area contributed by atoms with Crippen LogP contribution in [0, 0.1) is 22.6 Å². The molecule has 0 saturated heterocycles. The number of halogens is 3. The first kappa shape index (κ1) is 17.1. The second-order valence-corrected chi connectivity index (χ2v) is 8.37. The molecule has 1 aliphatic rings. The van der Waals surface area contributed by atoms with Crippen LogP contribution in [0.2, 0.25) is 5.02 Å². The van der Waals surface area contributed by atoms with Gasteiger partial charge in [0.2, 0.25) is 0 Å². The molecule has 1 fully saturated rings. The van der Waals surface area contributed by atoms with Gasteiger partial charge in [0.25, 0.3) is 0 Å². The highest BCUT2D eigenvalue weighted by molar-refractivity contribution is 6.30. The average Bonchev–Trinajstić information content (AvgIpc) is 2.42. The highest BCUT2D eigenvalue weighted by Crippen LogP contribution is 2.47. The molecule has 0 nitrogen and oxygen atoms in total. The van der Waals surface area contributed by atoms with E-state index in [0.29, 0.717) is 11.3 Å². The molecule has 0 N–H and O–H groups in total. The van der Waals surface area contributed by atoms with E-state index in [1.807, 2.05) is 6.07 Å². The third kappa shape index (κ3) is 4.13. The molecule has 1 aromatic carbocycles. The molecule has 3 heteroatoms. The summed E-state index contributed by atoms with van der Waals surface area (Å²) >= 11 is 12.2. The maximum atomic E-state index is 13.3. The van der Waals surface area contributed by atoms with Crippen LogP contribution in [0.25, 0.3) is 0 Å². The van der Waals surface area contributed by atoms with Crippen molar-refractivity contribution in [2.45, 2.75) is 52.9 Å². The van der Waals surface area contributed by atoms with Gasteiger partial charge in [0.1, 0.15) is 5.82 Å². The molecule has 0 amide bonds. The van der Waals surface area contributed by atoms with Gasteiger partial charge in [-0.1, -0.05) is 38.4 Å². The van der Waals surface area contributed by atoms with Crippen molar-refractivity contribution >= 4 is 23.2 Å². The Hall–Kier alpha value is -0.270. The Morgan fingerprint density at radius 3 is 2.33 bits per heavy atom. The molecule has 0 aliphatic heterocycles. The summed E-state index contributed by atoms with van der Waals surface area (Å²) in [7, 11) is 0. The molecule has 118 valence electrons. The Morgan fingerprint density at radius 2 is 1.86 bits per heavy atom. The van der Waals surface area contributed by atoms with E-state index in [-0.39, 0.29) is 16.3 Å². The second kappa shape index (κ2) is 6.46. The van der Waals surface area contributed by atoms with E-state index in [9.17, 15) is 4.39 Å². The molecular formula is C18H25Cl2F. The normalized spacial score (nSPS) is 26.9. The van der Waals surface area contributed by atoms with Gasteiger partial charge in [0, 0.05) is 5.88 Å². The molecule has 1 saturated carbocycles. The molecule has 1 aromatic rings. The number of alkyl halides is 1. The van der Waals surface area contributed by atoms with Crippen molar-refractivity contribution in [3.05, 3.63) is 34.6 Å². The molecule has 0 heterocycles. The minimum Gasteiger partial charge on any atom is -0.205 e. The summed E-state index contributed by atoms with van der Waals surface area (Å²) in [5.41, 5.74) is 1.61. The Bertz CT molecular complexity index is 482. The van der Waals surface area contributed by atoms with Crippen LogP contribution in [-0.2, 0) is 6.42 Å². The Kier molecular flexibility index (Phi) is 5.26. The van der Waals surface area contributed by atoms with Gasteiger partial charge in [-0.25, -0.2) is 4.39 Å². The molecule has 0 radical (unpaired) electrons. The monoisotopic (exact) mass is 330 g/mol. The second-order valence-electron chi connectivity index (χ2n) is 7.70. The third-order valence-electron chi connectivity index (χ3n) is 5.12. The minimum absolute atomic E-state index is 0.143. The van der Waals surface area contributed by atoms with Crippen LogP contribution in [0.4, 0.5) is 4.39 Å². The number of hydrogen-bond donors (Lipinski definition) is 0. The fourth-order valence-corrected chi connectivity index (χ4v) is 4.10. The number of rotatable bonds is 3. The Labute approximate surface area is 138 Å². The Morgan fingerprint density at radius 1 is 1.24 bits per heavy atom. The van der Waals surface area contributed by atoms with Crippen LogP contribution in [0.5, 0.6) is 0 Å². The topological polar surface area (TPSA) is 0 Å². The minimum atomic E-state index is -0.350. The predicted octanol–water partition coefficient (Wildman–Crippen LogP) is 6.48. The van der Waals surface area contributed by atoms with Gasteiger partial charge in [-0.15, -0.1) is 11.6 Å². The lowest BCUT2D eigenvalue weighted by molar-refractivity contribution is 0.102. The first-order valence-corrected chi connectivity index (χ1v) is 8.67. The molecule has 0 bridgehead atoms. The van der Waals surface area contributed by atoms with Gasteiger partial charge < -0.3 is 0 Å². The quantitative estimate of drug-likeness (QED) is 0.556. The van der Waals surface area contributed by atoms with Gasteiger partial charge in [-0.05, 0) is 66.5 Å². The van der Waals surface area contributed by atoms with E-state index in [1.54, 1.807) is 6.07 Å². The molecule has 0 aromatic heterocycles. The van der Waals surface area contributed by atoms with Gasteiger partial charge in [-0.3, -0.25) is 0 Å². The summed E-state index contributed by atoms with van der Waals surface area (Å²) in [6, 6.07) is 5.05. The number of benzene rings is 1. The third-order valence-corrected chi connectivity index (χ3v) is 5.97. The van der Waals surface area contributed by atoms with Gasteiger partial charge >= 0.3 is 0 Å². The standard InChI is InChI=1S/C18H25Cl2F/c1-17(2,3)14-6-8-18(12-19,9-7-14)11-13-4-5-16(21)15(20)10-13/h4-5,10,14H,6-9,11-12H2,1-3H3. The van der Waals surface area contributed by atoms with Crippen LogP contribution >= 0.6 is 23.2 Å². The van der Waals surface area contributed by atoms with Gasteiger partial charge in [0.05, 0.1) is 5.02 Å². The smallest absolute Gasteiger partial charge is 0.141 e. The lowest BCUT2D eigenvalue weighted by Gasteiger charge is -2.43. The molecule has 1 aliphatic carbocycles. The van der Waals surface area contributed by atoms with Crippen molar-refractivity contribution in [3.8, 4) is 0 Å².